The van der Waals surface area contributed by atoms with E-state index in [1.54, 1.807) is 11.8 Å². The Balaban J connectivity index is 2.37. The maximum Gasteiger partial charge on any atom is 0.0558 e. The van der Waals surface area contributed by atoms with Gasteiger partial charge in [0.05, 0.1) is 9.93 Å². The van der Waals surface area contributed by atoms with Crippen molar-refractivity contribution in [2.75, 3.05) is 13.3 Å². The summed E-state index contributed by atoms with van der Waals surface area (Å²) in [6.07, 6.45) is 4.36. The van der Waals surface area contributed by atoms with Gasteiger partial charge in [0.2, 0.25) is 0 Å². The minimum atomic E-state index is 1.21. The molecule has 0 radical (unpaired) electrons. The molecule has 0 unspecified atom stereocenters. The van der Waals surface area contributed by atoms with Gasteiger partial charge in [-0.15, -0.1) is 11.8 Å². The molecule has 1 aromatic rings. The fraction of sp³-hybridized carbons (Fsp3) is 0.167. The minimum absolute atomic E-state index is 1.21. The third kappa shape index (κ3) is 2.62. The first kappa shape index (κ1) is 12.0. The van der Waals surface area contributed by atoms with Gasteiger partial charge in [0, 0.05) is 12.0 Å². The molecule has 1 N–H and O–H groups in total. The smallest absolute Gasteiger partial charge is 0.0558 e. The molecule has 0 saturated heterocycles. The SMILES string of the molecule is CN/C(=C1/C=C(SC)SS1)c1ccccc1. The van der Waals surface area contributed by atoms with Crippen LogP contribution in [0, 0.1) is 0 Å². The van der Waals surface area contributed by atoms with Gasteiger partial charge in [0.1, 0.15) is 0 Å². The number of benzene rings is 1. The van der Waals surface area contributed by atoms with E-state index in [2.05, 4.69) is 41.9 Å². The van der Waals surface area contributed by atoms with Gasteiger partial charge >= 0.3 is 0 Å². The third-order valence-electron chi connectivity index (χ3n) is 2.22. The highest BCUT2D eigenvalue weighted by atomic mass is 33.1. The molecule has 0 aromatic heterocycles. The molecular weight excluding hydrogens is 254 g/mol. The Kier molecular flexibility index (Phi) is 4.32. The van der Waals surface area contributed by atoms with E-state index in [1.165, 1.54) is 20.4 Å². The van der Waals surface area contributed by atoms with Gasteiger partial charge in [-0.25, -0.2) is 0 Å². The van der Waals surface area contributed by atoms with Crippen LogP contribution in [-0.2, 0) is 0 Å². The van der Waals surface area contributed by atoms with Crippen LogP contribution in [-0.4, -0.2) is 13.3 Å². The molecule has 0 spiro atoms. The van der Waals surface area contributed by atoms with Gasteiger partial charge in [0.25, 0.3) is 0 Å². The molecule has 0 aliphatic carbocycles. The van der Waals surface area contributed by atoms with E-state index in [-0.39, 0.29) is 0 Å². The van der Waals surface area contributed by atoms with E-state index in [1.807, 2.05) is 34.7 Å². The van der Waals surface area contributed by atoms with E-state index in [0.29, 0.717) is 0 Å². The van der Waals surface area contributed by atoms with E-state index < -0.39 is 0 Å². The van der Waals surface area contributed by atoms with Crippen LogP contribution < -0.4 is 5.32 Å². The van der Waals surface area contributed by atoms with Gasteiger partial charge in [0.15, 0.2) is 0 Å². The van der Waals surface area contributed by atoms with Gasteiger partial charge in [-0.3, -0.25) is 0 Å². The average molecular weight is 267 g/mol. The lowest BCUT2D eigenvalue weighted by Gasteiger charge is -2.08. The third-order valence-corrected chi connectivity index (χ3v) is 6.00. The predicted octanol–water partition coefficient (Wildman–Crippen LogP) is 4.17. The zero-order valence-electron chi connectivity index (χ0n) is 9.19. The Hall–Kier alpha value is -0.450. The second kappa shape index (κ2) is 5.75. The van der Waals surface area contributed by atoms with Crippen LogP contribution in [0.2, 0.25) is 0 Å². The summed E-state index contributed by atoms with van der Waals surface area (Å²) in [7, 11) is 5.63. The molecule has 0 bridgehead atoms. The second-order valence-electron chi connectivity index (χ2n) is 3.19. The Morgan fingerprint density at radius 3 is 2.50 bits per heavy atom. The van der Waals surface area contributed by atoms with Crippen molar-refractivity contribution in [1.29, 1.82) is 0 Å². The molecule has 0 saturated carbocycles. The maximum absolute atomic E-state index is 3.30. The van der Waals surface area contributed by atoms with E-state index in [4.69, 9.17) is 0 Å². The van der Waals surface area contributed by atoms with Crippen LogP contribution in [0.1, 0.15) is 5.56 Å². The van der Waals surface area contributed by atoms with Crippen molar-refractivity contribution in [3.05, 3.63) is 51.1 Å². The monoisotopic (exact) mass is 267 g/mol. The van der Waals surface area contributed by atoms with Gasteiger partial charge < -0.3 is 5.32 Å². The Morgan fingerprint density at radius 1 is 1.19 bits per heavy atom. The fourth-order valence-corrected chi connectivity index (χ4v) is 4.90. The summed E-state index contributed by atoms with van der Waals surface area (Å²) >= 11 is 1.80. The van der Waals surface area contributed by atoms with Crippen molar-refractivity contribution in [2.24, 2.45) is 0 Å². The number of rotatable bonds is 3. The molecule has 1 heterocycles. The zero-order valence-corrected chi connectivity index (χ0v) is 11.6. The highest BCUT2D eigenvalue weighted by molar-refractivity contribution is 8.82. The van der Waals surface area contributed by atoms with Crippen LogP contribution >= 0.6 is 33.3 Å². The first-order valence-corrected chi connectivity index (χ1v) is 8.30. The van der Waals surface area contributed by atoms with E-state index >= 15 is 0 Å². The Labute approximate surface area is 109 Å². The highest BCUT2D eigenvalue weighted by Crippen LogP contribution is 2.50. The first-order chi connectivity index (χ1) is 7.85. The number of thioether (sulfide) groups is 1. The molecule has 0 fully saturated rings. The van der Waals surface area contributed by atoms with E-state index in [0.717, 1.165) is 0 Å². The summed E-state index contributed by atoms with van der Waals surface area (Å²) in [6, 6.07) is 10.4. The molecule has 2 rings (SSSR count). The van der Waals surface area contributed by atoms with Crippen LogP contribution in [0.15, 0.2) is 45.6 Å². The molecule has 84 valence electrons. The van der Waals surface area contributed by atoms with Crippen LogP contribution in [0.5, 0.6) is 0 Å². The van der Waals surface area contributed by atoms with Crippen molar-refractivity contribution in [1.82, 2.24) is 5.32 Å². The van der Waals surface area contributed by atoms with Crippen molar-refractivity contribution in [3.8, 4) is 0 Å². The number of hydrogen-bond acceptors (Lipinski definition) is 4. The van der Waals surface area contributed by atoms with Gasteiger partial charge in [-0.1, -0.05) is 30.3 Å². The standard InChI is InChI=1S/C12H13NS3/c1-13-12(9-6-4-3-5-7-9)10-8-11(14-2)16-15-10/h3-8,13H,1-2H3/b12-10-. The highest BCUT2D eigenvalue weighted by Gasteiger charge is 2.15. The van der Waals surface area contributed by atoms with Crippen molar-refractivity contribution in [2.45, 2.75) is 0 Å². The topological polar surface area (TPSA) is 12.0 Å². The molecule has 1 aliphatic heterocycles. The van der Waals surface area contributed by atoms with Crippen molar-refractivity contribution in [3.63, 3.8) is 0 Å². The normalized spacial score (nSPS) is 18.2. The van der Waals surface area contributed by atoms with Crippen LogP contribution in [0.4, 0.5) is 0 Å². The quantitative estimate of drug-likeness (QED) is 0.824. The number of nitrogens with one attached hydrogen (secondary N) is 1. The molecule has 1 aromatic carbocycles. The Morgan fingerprint density at radius 2 is 1.94 bits per heavy atom. The average Bonchev–Trinajstić information content (AvgIpc) is 2.80. The fourth-order valence-electron chi connectivity index (χ4n) is 1.46. The Bertz CT molecular complexity index is 423. The molecule has 16 heavy (non-hydrogen) atoms. The lowest BCUT2D eigenvalue weighted by molar-refractivity contribution is 1.12. The molecule has 4 heteroatoms. The summed E-state index contributed by atoms with van der Waals surface area (Å²) in [5.74, 6) is 0. The number of hydrogen-bond donors (Lipinski definition) is 1. The first-order valence-electron chi connectivity index (χ1n) is 4.93. The second-order valence-corrected chi connectivity index (χ2v) is 6.51. The van der Waals surface area contributed by atoms with Crippen LogP contribution in [0.25, 0.3) is 5.70 Å². The molecule has 0 atom stereocenters. The zero-order chi connectivity index (χ0) is 11.4. The lowest BCUT2D eigenvalue weighted by Crippen LogP contribution is -2.05. The molecule has 1 aliphatic rings. The van der Waals surface area contributed by atoms with Crippen molar-refractivity contribution < 1.29 is 0 Å². The van der Waals surface area contributed by atoms with E-state index in [9.17, 15) is 0 Å². The van der Waals surface area contributed by atoms with Gasteiger partial charge in [-0.05, 0) is 39.5 Å². The lowest BCUT2D eigenvalue weighted by atomic mass is 10.1. The van der Waals surface area contributed by atoms with Gasteiger partial charge in [-0.2, -0.15) is 0 Å². The maximum atomic E-state index is 3.30. The summed E-state index contributed by atoms with van der Waals surface area (Å²) in [6.45, 7) is 0. The summed E-state index contributed by atoms with van der Waals surface area (Å²) in [5, 5.41) is 3.30. The molecular formula is C12H13NS3. The summed E-state index contributed by atoms with van der Waals surface area (Å²) in [4.78, 5) is 1.31. The largest absolute Gasteiger partial charge is 0.387 e. The van der Waals surface area contributed by atoms with Crippen molar-refractivity contribution >= 4 is 39.0 Å². The van der Waals surface area contributed by atoms with Crippen LogP contribution in [0.3, 0.4) is 0 Å². The predicted molar refractivity (Wildman–Crippen MR) is 79.2 cm³/mol. The molecule has 1 nitrogen and oxygen atoms in total. The molecule has 0 amide bonds. The summed E-state index contributed by atoms with van der Waals surface area (Å²) in [5.41, 5.74) is 2.45. The number of allylic oxidation sites excluding steroid dienone is 1. The summed E-state index contributed by atoms with van der Waals surface area (Å²) < 4.78 is 1.36. The minimum Gasteiger partial charge on any atom is -0.387 e.